The van der Waals surface area contributed by atoms with E-state index >= 15 is 0 Å². The average molecular weight is 221 g/mol. The highest BCUT2D eigenvalue weighted by Crippen LogP contribution is 2.43. The summed E-state index contributed by atoms with van der Waals surface area (Å²) in [6.07, 6.45) is 0.716. The molecule has 0 fully saturated rings. The van der Waals surface area contributed by atoms with Gasteiger partial charge in [-0.05, 0) is 32.4 Å². The number of benzene rings is 1. The lowest BCUT2D eigenvalue weighted by Crippen LogP contribution is -2.29. The third-order valence-electron chi connectivity index (χ3n) is 3.30. The molecule has 0 spiro atoms. The zero-order chi connectivity index (χ0) is 11.7. The van der Waals surface area contributed by atoms with Crippen LogP contribution in [-0.2, 0) is 0 Å². The maximum Gasteiger partial charge on any atom is 0.121 e. The molecule has 1 unspecified atom stereocenters. The van der Waals surface area contributed by atoms with Gasteiger partial charge in [-0.1, -0.05) is 6.07 Å². The Morgan fingerprint density at radius 3 is 2.81 bits per heavy atom. The molecule has 1 aliphatic heterocycles. The van der Waals surface area contributed by atoms with Crippen molar-refractivity contribution in [3.05, 3.63) is 23.8 Å². The minimum atomic E-state index is 0.171. The van der Waals surface area contributed by atoms with Crippen molar-refractivity contribution < 1.29 is 10.2 Å². The second kappa shape index (κ2) is 4.34. The SMILES string of the molecule is CC(C)N1CC(CCO)c2c(O)cccc21. The molecule has 3 nitrogen and oxygen atoms in total. The number of fused-ring (bicyclic) bond motifs is 1. The number of phenols is 1. The average Bonchev–Trinajstić information content (AvgIpc) is 2.59. The molecule has 16 heavy (non-hydrogen) atoms. The summed E-state index contributed by atoms with van der Waals surface area (Å²) in [5.74, 6) is 0.614. The number of anilines is 1. The first-order chi connectivity index (χ1) is 7.65. The van der Waals surface area contributed by atoms with Crippen LogP contribution in [0.1, 0.15) is 31.7 Å². The predicted molar refractivity (Wildman–Crippen MR) is 65.0 cm³/mol. The third kappa shape index (κ3) is 1.76. The van der Waals surface area contributed by atoms with Gasteiger partial charge in [-0.3, -0.25) is 0 Å². The molecule has 0 saturated heterocycles. The highest BCUT2D eigenvalue weighted by Gasteiger charge is 2.31. The molecule has 0 saturated carbocycles. The van der Waals surface area contributed by atoms with Crippen molar-refractivity contribution in [1.82, 2.24) is 0 Å². The number of aromatic hydroxyl groups is 1. The number of rotatable bonds is 3. The van der Waals surface area contributed by atoms with E-state index < -0.39 is 0 Å². The Labute approximate surface area is 96.3 Å². The Bertz CT molecular complexity index is 376. The molecule has 2 N–H and O–H groups in total. The second-order valence-corrected chi connectivity index (χ2v) is 4.67. The van der Waals surface area contributed by atoms with Gasteiger partial charge in [0, 0.05) is 36.4 Å². The van der Waals surface area contributed by atoms with Crippen molar-refractivity contribution in [2.24, 2.45) is 0 Å². The smallest absolute Gasteiger partial charge is 0.121 e. The van der Waals surface area contributed by atoms with Crippen LogP contribution in [0.5, 0.6) is 5.75 Å². The van der Waals surface area contributed by atoms with Crippen molar-refractivity contribution in [2.75, 3.05) is 18.1 Å². The minimum Gasteiger partial charge on any atom is -0.508 e. The lowest BCUT2D eigenvalue weighted by Gasteiger charge is -2.24. The van der Waals surface area contributed by atoms with Crippen molar-refractivity contribution in [2.45, 2.75) is 32.2 Å². The Balaban J connectivity index is 2.40. The van der Waals surface area contributed by atoms with Crippen molar-refractivity contribution in [3.63, 3.8) is 0 Å². The van der Waals surface area contributed by atoms with Crippen LogP contribution in [0.25, 0.3) is 0 Å². The summed E-state index contributed by atoms with van der Waals surface area (Å²) < 4.78 is 0. The van der Waals surface area contributed by atoms with Crippen LogP contribution in [0, 0.1) is 0 Å². The van der Waals surface area contributed by atoms with Crippen LogP contribution >= 0.6 is 0 Å². The fraction of sp³-hybridized carbons (Fsp3) is 0.538. The summed E-state index contributed by atoms with van der Waals surface area (Å²) in [6.45, 7) is 5.36. The maximum absolute atomic E-state index is 9.92. The molecule has 0 bridgehead atoms. The molecular formula is C13H19NO2. The molecule has 3 heteroatoms. The summed E-state index contributed by atoms with van der Waals surface area (Å²) >= 11 is 0. The fourth-order valence-electron chi connectivity index (χ4n) is 2.52. The van der Waals surface area contributed by atoms with Crippen molar-refractivity contribution in [3.8, 4) is 5.75 Å². The van der Waals surface area contributed by atoms with Crippen LogP contribution in [0.2, 0.25) is 0 Å². The lowest BCUT2D eigenvalue weighted by molar-refractivity contribution is 0.276. The number of hydrogen-bond donors (Lipinski definition) is 2. The van der Waals surface area contributed by atoms with Crippen LogP contribution in [-0.4, -0.2) is 29.4 Å². The molecule has 1 aromatic rings. The fourth-order valence-corrected chi connectivity index (χ4v) is 2.52. The molecule has 88 valence electrons. The topological polar surface area (TPSA) is 43.7 Å². The van der Waals surface area contributed by atoms with Crippen LogP contribution in [0.15, 0.2) is 18.2 Å². The molecule has 0 aromatic heterocycles. The molecule has 1 aliphatic rings. The standard InChI is InChI=1S/C13H19NO2/c1-9(2)14-8-10(6-7-15)13-11(14)4-3-5-12(13)16/h3-5,9-10,15-16H,6-8H2,1-2H3. The van der Waals surface area contributed by atoms with Crippen LogP contribution in [0.4, 0.5) is 5.69 Å². The van der Waals surface area contributed by atoms with Gasteiger partial charge in [0.25, 0.3) is 0 Å². The number of aliphatic hydroxyl groups is 1. The number of phenolic OH excluding ortho intramolecular Hbond substituents is 1. The molecular weight excluding hydrogens is 202 g/mol. The zero-order valence-electron chi connectivity index (χ0n) is 9.85. The van der Waals surface area contributed by atoms with Gasteiger partial charge in [-0.15, -0.1) is 0 Å². The first-order valence-corrected chi connectivity index (χ1v) is 5.84. The van der Waals surface area contributed by atoms with E-state index in [9.17, 15) is 5.11 Å². The molecule has 0 aliphatic carbocycles. The zero-order valence-corrected chi connectivity index (χ0v) is 9.85. The molecule has 1 atom stereocenters. The van der Waals surface area contributed by atoms with Gasteiger partial charge in [0.05, 0.1) is 0 Å². The van der Waals surface area contributed by atoms with E-state index in [1.165, 1.54) is 0 Å². The molecule has 1 aromatic carbocycles. The quantitative estimate of drug-likeness (QED) is 0.821. The van der Waals surface area contributed by atoms with E-state index in [4.69, 9.17) is 5.11 Å². The number of nitrogens with zero attached hydrogens (tertiary/aromatic N) is 1. The largest absolute Gasteiger partial charge is 0.508 e. The summed E-state index contributed by atoms with van der Waals surface area (Å²) in [7, 11) is 0. The molecule has 1 heterocycles. The highest BCUT2D eigenvalue weighted by atomic mass is 16.3. The Hall–Kier alpha value is -1.22. The maximum atomic E-state index is 9.92. The number of hydrogen-bond acceptors (Lipinski definition) is 3. The van der Waals surface area contributed by atoms with Gasteiger partial charge >= 0.3 is 0 Å². The summed E-state index contributed by atoms with van der Waals surface area (Å²) in [4.78, 5) is 2.29. The molecule has 2 rings (SSSR count). The van der Waals surface area contributed by atoms with Gasteiger partial charge in [-0.2, -0.15) is 0 Å². The first kappa shape index (κ1) is 11.3. The third-order valence-corrected chi connectivity index (χ3v) is 3.30. The Morgan fingerprint density at radius 2 is 2.19 bits per heavy atom. The van der Waals surface area contributed by atoms with E-state index in [0.717, 1.165) is 17.8 Å². The molecule has 0 amide bonds. The van der Waals surface area contributed by atoms with Gasteiger partial charge in [-0.25, -0.2) is 0 Å². The van der Waals surface area contributed by atoms with E-state index in [0.29, 0.717) is 18.2 Å². The summed E-state index contributed by atoms with van der Waals surface area (Å²) in [5.41, 5.74) is 2.12. The van der Waals surface area contributed by atoms with Gasteiger partial charge in [0.1, 0.15) is 5.75 Å². The van der Waals surface area contributed by atoms with Crippen molar-refractivity contribution >= 4 is 5.69 Å². The molecule has 0 radical (unpaired) electrons. The highest BCUT2D eigenvalue weighted by molar-refractivity contribution is 5.65. The second-order valence-electron chi connectivity index (χ2n) is 4.67. The van der Waals surface area contributed by atoms with Gasteiger partial charge in [0.2, 0.25) is 0 Å². The van der Waals surface area contributed by atoms with Gasteiger partial charge in [0.15, 0.2) is 0 Å². The van der Waals surface area contributed by atoms with E-state index in [-0.39, 0.29) is 12.5 Å². The van der Waals surface area contributed by atoms with E-state index in [1.54, 1.807) is 6.07 Å². The Morgan fingerprint density at radius 1 is 1.44 bits per heavy atom. The minimum absolute atomic E-state index is 0.171. The Kier molecular flexibility index (Phi) is 3.06. The van der Waals surface area contributed by atoms with Crippen LogP contribution < -0.4 is 4.90 Å². The number of aliphatic hydroxyl groups excluding tert-OH is 1. The predicted octanol–water partition coefficient (Wildman–Crippen LogP) is 2.09. The lowest BCUT2D eigenvalue weighted by atomic mass is 9.97. The summed E-state index contributed by atoms with van der Waals surface area (Å²) in [6, 6.07) is 6.08. The van der Waals surface area contributed by atoms with Crippen LogP contribution in [0.3, 0.4) is 0 Å². The van der Waals surface area contributed by atoms with E-state index in [1.807, 2.05) is 12.1 Å². The van der Waals surface area contributed by atoms with E-state index in [2.05, 4.69) is 18.7 Å². The van der Waals surface area contributed by atoms with Gasteiger partial charge < -0.3 is 15.1 Å². The summed E-state index contributed by atoms with van der Waals surface area (Å²) in [5, 5.41) is 19.0. The monoisotopic (exact) mass is 221 g/mol. The normalized spacial score (nSPS) is 19.2. The first-order valence-electron chi connectivity index (χ1n) is 5.84. The van der Waals surface area contributed by atoms with Crippen molar-refractivity contribution in [1.29, 1.82) is 0 Å².